The van der Waals surface area contributed by atoms with Crippen LogP contribution in [-0.2, 0) is 9.59 Å². The predicted octanol–water partition coefficient (Wildman–Crippen LogP) is 3.26. The number of nitrogens with one attached hydrogen (secondary N) is 2. The van der Waals surface area contributed by atoms with Gasteiger partial charge in [0, 0.05) is 17.8 Å². The monoisotopic (exact) mass is 417 g/mol. The SMILES string of the molecule is COc1cccc(NC(=O)CC(=O)Nc2ccc(OC(F)F)c(OC(F)F)c2)n1. The molecule has 1 aromatic carbocycles. The number of rotatable bonds is 9. The highest BCUT2D eigenvalue weighted by atomic mass is 19.3. The second-order valence-electron chi connectivity index (χ2n) is 5.26. The number of benzene rings is 1. The standard InChI is InChI=1S/C17H15F4N3O5/c1-27-15-4-2-3-12(24-15)23-14(26)8-13(25)22-9-5-6-10(28-16(18)19)11(7-9)29-17(20)21/h2-7,16-17H,8H2,1H3,(H,22,25)(H,23,24,26). The van der Waals surface area contributed by atoms with E-state index in [-0.39, 0.29) is 17.4 Å². The van der Waals surface area contributed by atoms with Crippen molar-refractivity contribution in [2.24, 2.45) is 0 Å². The second kappa shape index (κ2) is 10.1. The molecule has 0 fully saturated rings. The van der Waals surface area contributed by atoms with Crippen molar-refractivity contribution in [2.75, 3.05) is 17.7 Å². The van der Waals surface area contributed by atoms with Crippen molar-refractivity contribution in [3.05, 3.63) is 36.4 Å². The van der Waals surface area contributed by atoms with E-state index in [0.29, 0.717) is 0 Å². The maximum atomic E-state index is 12.4. The summed E-state index contributed by atoms with van der Waals surface area (Å²) in [5, 5.41) is 4.65. The zero-order chi connectivity index (χ0) is 21.4. The number of nitrogens with zero attached hydrogens (tertiary/aromatic N) is 1. The molecule has 1 heterocycles. The van der Waals surface area contributed by atoms with Gasteiger partial charge >= 0.3 is 13.2 Å². The fraction of sp³-hybridized carbons (Fsp3) is 0.235. The fourth-order valence-corrected chi connectivity index (χ4v) is 2.10. The summed E-state index contributed by atoms with van der Waals surface area (Å²) < 4.78 is 62.6. The minimum atomic E-state index is -3.30. The van der Waals surface area contributed by atoms with Crippen LogP contribution in [0.4, 0.5) is 29.1 Å². The third-order valence-corrected chi connectivity index (χ3v) is 3.18. The molecule has 0 radical (unpaired) electrons. The van der Waals surface area contributed by atoms with Crippen molar-refractivity contribution < 1.29 is 41.4 Å². The van der Waals surface area contributed by atoms with E-state index in [9.17, 15) is 27.2 Å². The summed E-state index contributed by atoms with van der Waals surface area (Å²) in [6.45, 7) is -6.56. The number of carbonyl (C=O) groups excluding carboxylic acids is 2. The van der Waals surface area contributed by atoms with Crippen LogP contribution >= 0.6 is 0 Å². The van der Waals surface area contributed by atoms with E-state index >= 15 is 0 Å². The van der Waals surface area contributed by atoms with Gasteiger partial charge in [-0.1, -0.05) is 6.07 Å². The molecule has 2 N–H and O–H groups in total. The number of amides is 2. The van der Waals surface area contributed by atoms with E-state index in [1.807, 2.05) is 0 Å². The van der Waals surface area contributed by atoms with Gasteiger partial charge in [-0.3, -0.25) is 9.59 Å². The van der Waals surface area contributed by atoms with Crippen molar-refractivity contribution in [3.63, 3.8) is 0 Å². The van der Waals surface area contributed by atoms with Crippen LogP contribution < -0.4 is 24.8 Å². The molecule has 0 atom stereocenters. The highest BCUT2D eigenvalue weighted by Gasteiger charge is 2.17. The average molecular weight is 417 g/mol. The molecule has 0 saturated carbocycles. The van der Waals surface area contributed by atoms with Gasteiger partial charge in [-0.25, -0.2) is 0 Å². The Morgan fingerprint density at radius 2 is 1.62 bits per heavy atom. The van der Waals surface area contributed by atoms with E-state index in [0.717, 1.165) is 18.2 Å². The molecule has 8 nitrogen and oxygen atoms in total. The summed E-state index contributed by atoms with van der Waals surface area (Å²) in [6.07, 6.45) is -0.626. The van der Waals surface area contributed by atoms with Gasteiger partial charge in [-0.05, 0) is 18.2 Å². The van der Waals surface area contributed by atoms with Crippen LogP contribution in [0.5, 0.6) is 17.4 Å². The molecule has 2 rings (SSSR count). The zero-order valence-corrected chi connectivity index (χ0v) is 14.8. The summed E-state index contributed by atoms with van der Waals surface area (Å²) >= 11 is 0. The van der Waals surface area contributed by atoms with Crippen molar-refractivity contribution in [1.29, 1.82) is 0 Å². The van der Waals surface area contributed by atoms with E-state index < -0.39 is 43.0 Å². The minimum Gasteiger partial charge on any atom is -0.481 e. The Bertz CT molecular complexity index is 867. The molecule has 12 heteroatoms. The number of aromatic nitrogens is 1. The number of carbonyl (C=O) groups is 2. The molecule has 29 heavy (non-hydrogen) atoms. The Morgan fingerprint density at radius 3 is 2.28 bits per heavy atom. The predicted molar refractivity (Wildman–Crippen MR) is 92.4 cm³/mol. The molecule has 0 aliphatic heterocycles. The van der Waals surface area contributed by atoms with Crippen molar-refractivity contribution in [2.45, 2.75) is 19.6 Å². The maximum Gasteiger partial charge on any atom is 0.387 e. The van der Waals surface area contributed by atoms with E-state index in [2.05, 4.69) is 25.1 Å². The lowest BCUT2D eigenvalue weighted by Gasteiger charge is -2.13. The first-order valence-corrected chi connectivity index (χ1v) is 7.91. The van der Waals surface area contributed by atoms with Crippen LogP contribution in [0, 0.1) is 0 Å². The van der Waals surface area contributed by atoms with Crippen molar-refractivity contribution >= 4 is 23.3 Å². The lowest BCUT2D eigenvalue weighted by atomic mass is 10.2. The number of halogens is 4. The molecular formula is C17H15F4N3O5. The van der Waals surface area contributed by atoms with Crippen LogP contribution in [-0.4, -0.2) is 37.1 Å². The number of ether oxygens (including phenoxy) is 3. The van der Waals surface area contributed by atoms with E-state index in [4.69, 9.17) is 4.74 Å². The van der Waals surface area contributed by atoms with E-state index in [1.165, 1.54) is 13.2 Å². The Labute approximate surface area is 161 Å². The second-order valence-corrected chi connectivity index (χ2v) is 5.26. The molecule has 0 aliphatic rings. The van der Waals surface area contributed by atoms with Gasteiger partial charge in [-0.15, -0.1) is 0 Å². The van der Waals surface area contributed by atoms with Crippen LogP contribution in [0.1, 0.15) is 6.42 Å². The topological polar surface area (TPSA) is 98.8 Å². The average Bonchev–Trinajstić information content (AvgIpc) is 2.63. The molecule has 156 valence electrons. The number of alkyl halides is 4. The number of methoxy groups -OCH3 is 1. The summed E-state index contributed by atoms with van der Waals surface area (Å²) in [6, 6.07) is 7.52. The first-order chi connectivity index (χ1) is 13.8. The highest BCUT2D eigenvalue weighted by molar-refractivity contribution is 6.07. The summed E-state index contributed by atoms with van der Waals surface area (Å²) in [5.74, 6) is -2.43. The fourth-order valence-electron chi connectivity index (χ4n) is 2.10. The first-order valence-electron chi connectivity index (χ1n) is 7.91. The number of hydrogen-bond acceptors (Lipinski definition) is 6. The van der Waals surface area contributed by atoms with Gasteiger partial charge in [0.1, 0.15) is 12.2 Å². The van der Waals surface area contributed by atoms with Gasteiger partial charge in [0.15, 0.2) is 11.5 Å². The van der Waals surface area contributed by atoms with Crippen LogP contribution in [0.15, 0.2) is 36.4 Å². The highest BCUT2D eigenvalue weighted by Crippen LogP contribution is 2.33. The lowest BCUT2D eigenvalue weighted by molar-refractivity contribution is -0.123. The smallest absolute Gasteiger partial charge is 0.387 e. The summed E-state index contributed by atoms with van der Waals surface area (Å²) in [7, 11) is 1.39. The molecule has 0 bridgehead atoms. The number of hydrogen-bond donors (Lipinski definition) is 2. The summed E-state index contributed by atoms with van der Waals surface area (Å²) in [5.41, 5.74) is -0.0698. The lowest BCUT2D eigenvalue weighted by Crippen LogP contribution is -2.22. The van der Waals surface area contributed by atoms with E-state index in [1.54, 1.807) is 12.1 Å². The molecule has 0 unspecified atom stereocenters. The van der Waals surface area contributed by atoms with Crippen molar-refractivity contribution in [3.8, 4) is 17.4 Å². The van der Waals surface area contributed by atoms with Gasteiger partial charge in [0.05, 0.1) is 7.11 Å². The molecule has 2 amide bonds. The third kappa shape index (κ3) is 7.16. The van der Waals surface area contributed by atoms with Crippen LogP contribution in [0.25, 0.3) is 0 Å². The molecule has 1 aromatic heterocycles. The van der Waals surface area contributed by atoms with Crippen molar-refractivity contribution in [1.82, 2.24) is 4.98 Å². The van der Waals surface area contributed by atoms with Crippen LogP contribution in [0.2, 0.25) is 0 Å². The quantitative estimate of drug-likeness (QED) is 0.480. The van der Waals surface area contributed by atoms with Gasteiger partial charge in [0.25, 0.3) is 0 Å². The molecule has 0 spiro atoms. The Kier molecular flexibility index (Phi) is 7.57. The normalized spacial score (nSPS) is 10.6. The molecule has 0 aliphatic carbocycles. The van der Waals surface area contributed by atoms with Crippen LogP contribution in [0.3, 0.4) is 0 Å². The molecular weight excluding hydrogens is 402 g/mol. The maximum absolute atomic E-state index is 12.4. The molecule has 0 saturated heterocycles. The third-order valence-electron chi connectivity index (χ3n) is 3.18. The Hall–Kier alpha value is -3.57. The number of anilines is 2. The van der Waals surface area contributed by atoms with Gasteiger partial charge < -0.3 is 24.8 Å². The Balaban J connectivity index is 2.00. The molecule has 2 aromatic rings. The largest absolute Gasteiger partial charge is 0.481 e. The first kappa shape index (κ1) is 21.7. The Morgan fingerprint density at radius 1 is 0.966 bits per heavy atom. The minimum absolute atomic E-state index is 0.0698. The zero-order valence-electron chi connectivity index (χ0n) is 14.8. The summed E-state index contributed by atoms with van der Waals surface area (Å²) in [4.78, 5) is 27.8. The van der Waals surface area contributed by atoms with Gasteiger partial charge in [0.2, 0.25) is 17.7 Å². The van der Waals surface area contributed by atoms with Gasteiger partial charge in [-0.2, -0.15) is 22.5 Å². The number of pyridine rings is 1.